The maximum absolute atomic E-state index is 10.7. The van der Waals surface area contributed by atoms with Crippen molar-refractivity contribution in [1.82, 2.24) is 0 Å². The number of benzene rings is 8. The Morgan fingerprint density at radius 2 is 0.377 bits per heavy atom. The van der Waals surface area contributed by atoms with Gasteiger partial charge in [-0.3, -0.25) is 0 Å². The van der Waals surface area contributed by atoms with Crippen molar-refractivity contribution in [2.24, 2.45) is 20.0 Å². The number of rotatable bonds is 12. The zero-order valence-corrected chi connectivity index (χ0v) is 49.1. The van der Waals surface area contributed by atoms with Gasteiger partial charge in [0, 0.05) is 21.1 Å². The summed E-state index contributed by atoms with van der Waals surface area (Å²) in [6.45, 7) is 16.5. The van der Waals surface area contributed by atoms with Crippen LogP contribution in [0.2, 0.25) is 0 Å². The van der Waals surface area contributed by atoms with Crippen LogP contribution in [0.5, 0.6) is 0 Å². The summed E-state index contributed by atoms with van der Waals surface area (Å²) in [6.07, 6.45) is 6.37. The molecular formula is C60H60F6N8PPt2-3. The molecule has 410 valence electrons. The van der Waals surface area contributed by atoms with Crippen LogP contribution in [0.1, 0.15) is 44.5 Å². The Hall–Kier alpha value is -6.97. The summed E-state index contributed by atoms with van der Waals surface area (Å²) in [5, 5.41) is 17.1. The van der Waals surface area contributed by atoms with Gasteiger partial charge in [-0.15, -0.1) is 0 Å². The number of hydrogen-bond donors (Lipinski definition) is 0. The summed E-state index contributed by atoms with van der Waals surface area (Å²) >= 11 is 0. The summed E-state index contributed by atoms with van der Waals surface area (Å²) in [6, 6.07) is 64.4. The molecule has 0 aliphatic carbocycles. The molecule has 17 heteroatoms. The Labute approximate surface area is 478 Å². The molecule has 0 heterocycles. The van der Waals surface area contributed by atoms with Gasteiger partial charge in [0.05, 0.1) is 0 Å². The van der Waals surface area contributed by atoms with Crippen LogP contribution in [0.4, 0.5) is 70.7 Å². The molecular weight excluding hydrogens is 1370 g/mol. The average molecular weight is 1430 g/mol. The van der Waals surface area contributed by atoms with Crippen molar-refractivity contribution in [2.45, 2.75) is 55.4 Å². The molecule has 8 nitrogen and oxygen atoms in total. The fourth-order valence-corrected chi connectivity index (χ4v) is 5.70. The van der Waals surface area contributed by atoms with Crippen molar-refractivity contribution in [3.8, 4) is 0 Å². The predicted octanol–water partition coefficient (Wildman–Crippen LogP) is 22.1. The van der Waals surface area contributed by atoms with E-state index in [-0.39, 0.29) is 42.1 Å². The molecule has 8 aromatic rings. The number of nitrogens with zero attached hydrogens (tertiary/aromatic N) is 8. The molecule has 77 heavy (non-hydrogen) atoms. The van der Waals surface area contributed by atoms with Gasteiger partial charge >= 0.3 is 54.1 Å². The van der Waals surface area contributed by atoms with Gasteiger partial charge in [-0.1, -0.05) is 264 Å². The quantitative estimate of drug-likeness (QED) is 0.0503. The smallest absolute Gasteiger partial charge is 0 e. The molecule has 0 aliphatic heterocycles. The largest absolute Gasteiger partial charge is 2.00 e. The standard InChI is InChI=1S/4C15H15N2.F6P.2Pt/c4*1-12-3-7-14(8-4-12)16-11-17-15-9-5-13(2)6-10-15;1-7(2,3,4,5)6;;/h4*3-11H,1-2H3;;;/q5*-1;;+2. The fraction of sp³-hybridized carbons (Fsp3) is 0.133. The molecule has 0 fully saturated rings. The molecule has 0 aliphatic rings. The van der Waals surface area contributed by atoms with Crippen LogP contribution in [0.3, 0.4) is 0 Å². The number of aryl methyl sites for hydroxylation is 8. The first-order chi connectivity index (χ1) is 35.4. The second-order valence-corrected chi connectivity index (χ2v) is 19.1. The van der Waals surface area contributed by atoms with E-state index in [0.717, 1.165) is 45.5 Å². The van der Waals surface area contributed by atoms with Gasteiger partial charge in [0.2, 0.25) is 0 Å². The van der Waals surface area contributed by atoms with Gasteiger partial charge in [0.15, 0.2) is 0 Å². The summed E-state index contributed by atoms with van der Waals surface area (Å²) in [5.41, 5.74) is 17.3. The molecule has 0 saturated carbocycles. The fourth-order valence-electron chi connectivity index (χ4n) is 5.70. The topological polar surface area (TPSA) is 106 Å². The minimum absolute atomic E-state index is 0. The first-order valence-corrected chi connectivity index (χ1v) is 25.5. The van der Waals surface area contributed by atoms with Gasteiger partial charge in [-0.2, -0.15) is 0 Å². The summed E-state index contributed by atoms with van der Waals surface area (Å²) in [5.74, 6) is 0. The predicted molar refractivity (Wildman–Crippen MR) is 308 cm³/mol. The van der Waals surface area contributed by atoms with E-state index in [9.17, 15) is 25.2 Å². The average Bonchev–Trinajstić information content (AvgIpc) is 3.36. The second kappa shape index (κ2) is 31.9. The number of halogens is 6. The van der Waals surface area contributed by atoms with Crippen LogP contribution >= 0.6 is 7.81 Å². The van der Waals surface area contributed by atoms with Crippen LogP contribution in [-0.2, 0) is 42.1 Å². The maximum Gasteiger partial charge on any atom is 2.00 e. The zero-order chi connectivity index (χ0) is 54.8. The van der Waals surface area contributed by atoms with Crippen LogP contribution in [0.15, 0.2) is 214 Å². The van der Waals surface area contributed by atoms with Crippen molar-refractivity contribution >= 4 is 78.7 Å². The minimum Gasteiger partial charge on any atom is 0 e. The molecule has 0 atom stereocenters. The van der Waals surface area contributed by atoms with Crippen molar-refractivity contribution in [2.75, 3.05) is 0 Å². The summed E-state index contributed by atoms with van der Waals surface area (Å²) in [7, 11) is -10.7. The van der Waals surface area contributed by atoms with Crippen molar-refractivity contribution in [3.05, 3.63) is 260 Å². The first kappa shape index (κ1) is 66.1. The van der Waals surface area contributed by atoms with E-state index in [1.54, 1.807) is 25.4 Å². The van der Waals surface area contributed by atoms with E-state index in [1.807, 2.05) is 194 Å². The van der Waals surface area contributed by atoms with Gasteiger partial charge in [0.25, 0.3) is 0 Å². The Morgan fingerprint density at radius 1 is 0.260 bits per heavy atom. The number of hydrogen-bond acceptors (Lipinski definition) is 4. The third kappa shape index (κ3) is 32.9. The van der Waals surface area contributed by atoms with E-state index in [0.29, 0.717) is 0 Å². The molecule has 8 rings (SSSR count). The van der Waals surface area contributed by atoms with Crippen molar-refractivity contribution in [1.29, 1.82) is 0 Å². The van der Waals surface area contributed by atoms with Gasteiger partial charge in [-0.05, 0) is 101 Å². The van der Waals surface area contributed by atoms with Crippen LogP contribution in [0, 0.1) is 55.4 Å². The van der Waals surface area contributed by atoms with Crippen LogP contribution < -0.4 is 0 Å². The second-order valence-electron chi connectivity index (χ2n) is 17.1. The van der Waals surface area contributed by atoms with Gasteiger partial charge in [-0.25, -0.2) is 0 Å². The Kier molecular flexibility index (Phi) is 27.4. The molecule has 0 spiro atoms. The Morgan fingerprint density at radius 3 is 0.506 bits per heavy atom. The van der Waals surface area contributed by atoms with E-state index in [2.05, 4.69) is 96.6 Å². The summed E-state index contributed by atoms with van der Waals surface area (Å²) in [4.78, 5) is 17.1. The van der Waals surface area contributed by atoms with E-state index in [4.69, 9.17) is 0 Å². The molecule has 8 aromatic carbocycles. The van der Waals surface area contributed by atoms with E-state index in [1.165, 1.54) is 44.5 Å². The molecule has 0 N–H and O–H groups in total. The maximum atomic E-state index is 9.87. The molecule has 0 bridgehead atoms. The van der Waals surface area contributed by atoms with Crippen LogP contribution in [0.25, 0.3) is 21.3 Å². The van der Waals surface area contributed by atoms with E-state index < -0.39 is 7.81 Å². The van der Waals surface area contributed by atoms with E-state index >= 15 is 0 Å². The Bertz CT molecular complexity index is 2640. The van der Waals surface area contributed by atoms with Crippen LogP contribution in [-0.4, -0.2) is 25.4 Å². The monoisotopic (exact) mass is 1430 g/mol. The molecule has 0 unspecified atom stereocenters. The molecule has 0 radical (unpaired) electrons. The summed E-state index contributed by atoms with van der Waals surface area (Å²) < 4.78 is 59.2. The minimum atomic E-state index is -10.7. The molecule has 0 aromatic heterocycles. The zero-order valence-electron chi connectivity index (χ0n) is 43.7. The van der Waals surface area contributed by atoms with Crippen molar-refractivity contribution in [3.63, 3.8) is 0 Å². The Balaban J connectivity index is 0.000000334. The first-order valence-electron chi connectivity index (χ1n) is 23.4. The third-order valence-corrected chi connectivity index (χ3v) is 9.93. The normalized spacial score (nSPS) is 11.6. The SMILES string of the molecule is Cc1ccc(N=C[N-]c2ccc(C)cc2)cc1.Cc1ccc(N=C[N-]c2ccc(C)cc2)cc1.Cc1ccc(N=C[N-]c2ccc(C)cc2)cc1.Cc1ccc(N=C[N-]c2ccc(C)cc2)cc1.F[P-](F)(F)(F)(F)F.[Pt+2].[Pt]. The van der Waals surface area contributed by atoms with Gasteiger partial charge < -0.3 is 41.2 Å². The van der Waals surface area contributed by atoms with Crippen molar-refractivity contribution < 1.29 is 67.3 Å². The number of aliphatic imine (C=N–C) groups is 4. The third-order valence-electron chi connectivity index (χ3n) is 9.93. The van der Waals surface area contributed by atoms with Gasteiger partial charge in [0.1, 0.15) is 0 Å². The molecule has 0 amide bonds. The molecule has 0 saturated heterocycles.